The van der Waals surface area contributed by atoms with Crippen molar-refractivity contribution in [3.63, 3.8) is 0 Å². The first-order valence-corrected chi connectivity index (χ1v) is 4.37. The molecule has 0 bridgehead atoms. The van der Waals surface area contributed by atoms with Crippen molar-refractivity contribution in [1.29, 1.82) is 0 Å². The number of aromatic nitrogens is 1. The monoisotopic (exact) mass is 179 g/mol. The number of rotatable bonds is 1. The highest BCUT2D eigenvalue weighted by molar-refractivity contribution is 5.38. The Labute approximate surface area is 77.2 Å². The first kappa shape index (κ1) is 8.31. The van der Waals surface area contributed by atoms with Crippen LogP contribution in [0.15, 0.2) is 18.3 Å². The van der Waals surface area contributed by atoms with Crippen molar-refractivity contribution in [2.24, 2.45) is 5.73 Å². The second-order valence-corrected chi connectivity index (χ2v) is 3.56. The van der Waals surface area contributed by atoms with E-state index in [1.54, 1.807) is 6.20 Å². The average molecular weight is 179 g/mol. The minimum atomic E-state index is 0.223. The van der Waals surface area contributed by atoms with E-state index in [2.05, 4.69) is 0 Å². The molecule has 1 fully saturated rings. The summed E-state index contributed by atoms with van der Waals surface area (Å²) in [6, 6.07) is 4.00. The predicted molar refractivity (Wildman–Crippen MR) is 50.3 cm³/mol. The van der Waals surface area contributed by atoms with Crippen LogP contribution in [-0.2, 0) is 0 Å². The molecule has 0 radical (unpaired) electrons. The quantitative estimate of drug-likeness (QED) is 0.479. The normalized spacial score (nSPS) is 17.2. The molecule has 0 aromatic carbocycles. The van der Waals surface area contributed by atoms with Gasteiger partial charge in [-0.1, -0.05) is 0 Å². The number of pyridine rings is 1. The predicted octanol–water partition coefficient (Wildman–Crippen LogP) is -0.224. The lowest BCUT2D eigenvalue weighted by Crippen LogP contribution is -2.58. The van der Waals surface area contributed by atoms with Crippen LogP contribution in [0.2, 0.25) is 0 Å². The zero-order valence-electron chi connectivity index (χ0n) is 7.60. The minimum Gasteiger partial charge on any atom is -0.711 e. The van der Waals surface area contributed by atoms with Crippen LogP contribution >= 0.6 is 0 Å². The van der Waals surface area contributed by atoms with Gasteiger partial charge in [0, 0.05) is 6.07 Å². The molecule has 13 heavy (non-hydrogen) atoms. The van der Waals surface area contributed by atoms with E-state index in [0.29, 0.717) is 5.82 Å². The molecular formula is C9H13N3O. The third kappa shape index (κ3) is 1.45. The fourth-order valence-corrected chi connectivity index (χ4v) is 1.52. The summed E-state index contributed by atoms with van der Waals surface area (Å²) < 4.78 is 0.904. The van der Waals surface area contributed by atoms with E-state index in [4.69, 9.17) is 5.73 Å². The van der Waals surface area contributed by atoms with Crippen LogP contribution in [-0.4, -0.2) is 19.1 Å². The standard InChI is InChI=1S/C9H13N3O/c1-7-2-3-9(12(13)4-7)11-5-8(10)6-11/h2-4,8H,5-6,10H2,1H3. The summed E-state index contributed by atoms with van der Waals surface area (Å²) >= 11 is 0. The molecule has 0 saturated carbocycles. The Hall–Kier alpha value is -1.29. The highest BCUT2D eigenvalue weighted by Crippen LogP contribution is 2.15. The zero-order chi connectivity index (χ0) is 9.42. The fourth-order valence-electron chi connectivity index (χ4n) is 1.52. The van der Waals surface area contributed by atoms with Gasteiger partial charge in [0.1, 0.15) is 13.1 Å². The van der Waals surface area contributed by atoms with Crippen LogP contribution in [0.5, 0.6) is 0 Å². The second-order valence-electron chi connectivity index (χ2n) is 3.56. The summed E-state index contributed by atoms with van der Waals surface area (Å²) in [7, 11) is 0. The third-order valence-electron chi connectivity index (χ3n) is 2.28. The number of nitrogens with zero attached hydrogens (tertiary/aromatic N) is 2. The van der Waals surface area contributed by atoms with Gasteiger partial charge < -0.3 is 10.9 Å². The summed E-state index contributed by atoms with van der Waals surface area (Å²) in [4.78, 5) is 1.98. The van der Waals surface area contributed by atoms with Gasteiger partial charge in [-0.3, -0.25) is 4.90 Å². The van der Waals surface area contributed by atoms with Crippen LogP contribution < -0.4 is 15.4 Å². The Morgan fingerprint density at radius 3 is 2.77 bits per heavy atom. The van der Waals surface area contributed by atoms with Crippen molar-refractivity contribution in [1.82, 2.24) is 0 Å². The Kier molecular flexibility index (Phi) is 1.84. The van der Waals surface area contributed by atoms with Gasteiger partial charge in [0.05, 0.1) is 12.2 Å². The molecule has 0 atom stereocenters. The summed E-state index contributed by atoms with van der Waals surface area (Å²) in [6.07, 6.45) is 1.58. The molecule has 1 aromatic heterocycles. The molecule has 2 rings (SSSR count). The van der Waals surface area contributed by atoms with Gasteiger partial charge in [-0.15, -0.1) is 0 Å². The topological polar surface area (TPSA) is 56.2 Å². The second kappa shape index (κ2) is 2.88. The third-order valence-corrected chi connectivity index (χ3v) is 2.28. The van der Waals surface area contributed by atoms with E-state index < -0.39 is 0 Å². The van der Waals surface area contributed by atoms with E-state index in [1.165, 1.54) is 0 Å². The van der Waals surface area contributed by atoms with Crippen LogP contribution in [0.4, 0.5) is 5.82 Å². The minimum absolute atomic E-state index is 0.223. The maximum atomic E-state index is 11.4. The summed E-state index contributed by atoms with van der Waals surface area (Å²) in [6.45, 7) is 3.47. The Morgan fingerprint density at radius 2 is 2.23 bits per heavy atom. The van der Waals surface area contributed by atoms with Crippen LogP contribution in [0.1, 0.15) is 5.56 Å². The molecule has 2 heterocycles. The zero-order valence-corrected chi connectivity index (χ0v) is 7.60. The van der Waals surface area contributed by atoms with Crippen molar-refractivity contribution in [3.05, 3.63) is 29.1 Å². The van der Waals surface area contributed by atoms with Crippen molar-refractivity contribution >= 4 is 5.82 Å². The van der Waals surface area contributed by atoms with E-state index in [0.717, 1.165) is 23.4 Å². The van der Waals surface area contributed by atoms with Gasteiger partial charge in [0.2, 0.25) is 0 Å². The van der Waals surface area contributed by atoms with Gasteiger partial charge in [-0.05, 0) is 18.6 Å². The fraction of sp³-hybridized carbons (Fsp3) is 0.444. The molecule has 1 aromatic rings. The number of nitrogens with two attached hydrogens (primary N) is 1. The van der Waals surface area contributed by atoms with Gasteiger partial charge >= 0.3 is 0 Å². The molecule has 0 aliphatic carbocycles. The van der Waals surface area contributed by atoms with Gasteiger partial charge in [-0.25, -0.2) is 4.73 Å². The van der Waals surface area contributed by atoms with Gasteiger partial charge in [0.25, 0.3) is 5.82 Å². The molecule has 70 valence electrons. The summed E-state index contributed by atoms with van der Waals surface area (Å²) in [5, 5.41) is 11.4. The molecular weight excluding hydrogens is 166 g/mol. The van der Waals surface area contributed by atoms with E-state index >= 15 is 0 Å². The van der Waals surface area contributed by atoms with Crippen LogP contribution in [0.25, 0.3) is 0 Å². The number of hydrogen-bond acceptors (Lipinski definition) is 3. The Balaban J connectivity index is 2.21. The van der Waals surface area contributed by atoms with Gasteiger partial charge in [-0.2, -0.15) is 0 Å². The Bertz CT molecular complexity index is 321. The molecule has 4 heteroatoms. The average Bonchev–Trinajstić information content (AvgIpc) is 2.00. The highest BCUT2D eigenvalue weighted by Gasteiger charge is 2.31. The number of anilines is 1. The van der Waals surface area contributed by atoms with Crippen LogP contribution in [0.3, 0.4) is 0 Å². The highest BCUT2D eigenvalue weighted by atomic mass is 16.5. The summed E-state index contributed by atoms with van der Waals surface area (Å²) in [5.41, 5.74) is 6.61. The lowest BCUT2D eigenvalue weighted by atomic mass is 10.1. The van der Waals surface area contributed by atoms with E-state index in [9.17, 15) is 5.21 Å². The van der Waals surface area contributed by atoms with Crippen LogP contribution in [0, 0.1) is 12.1 Å². The molecule has 0 amide bonds. The molecule has 1 aliphatic heterocycles. The maximum Gasteiger partial charge on any atom is 0.279 e. The van der Waals surface area contributed by atoms with Crippen molar-refractivity contribution < 1.29 is 4.73 Å². The Morgan fingerprint density at radius 1 is 1.54 bits per heavy atom. The van der Waals surface area contributed by atoms with Crippen molar-refractivity contribution in [3.8, 4) is 0 Å². The first-order chi connectivity index (χ1) is 6.16. The molecule has 0 unspecified atom stereocenters. The SMILES string of the molecule is Cc1ccc(N2CC(N)C2)[n+]([O-])c1. The maximum absolute atomic E-state index is 11.4. The molecule has 4 nitrogen and oxygen atoms in total. The smallest absolute Gasteiger partial charge is 0.279 e. The van der Waals surface area contributed by atoms with Crippen molar-refractivity contribution in [2.45, 2.75) is 13.0 Å². The van der Waals surface area contributed by atoms with E-state index in [-0.39, 0.29) is 6.04 Å². The lowest BCUT2D eigenvalue weighted by molar-refractivity contribution is -0.593. The lowest BCUT2D eigenvalue weighted by Gasteiger charge is -2.32. The summed E-state index contributed by atoms with van der Waals surface area (Å²) in [5.74, 6) is 0.701. The van der Waals surface area contributed by atoms with Crippen molar-refractivity contribution in [2.75, 3.05) is 18.0 Å². The largest absolute Gasteiger partial charge is 0.711 e. The van der Waals surface area contributed by atoms with E-state index in [1.807, 2.05) is 24.0 Å². The van der Waals surface area contributed by atoms with Gasteiger partial charge in [0.15, 0.2) is 0 Å². The molecule has 0 spiro atoms. The molecule has 1 aliphatic rings. The molecule has 1 saturated heterocycles. The number of hydrogen-bond donors (Lipinski definition) is 1. The molecule has 2 N–H and O–H groups in total. The number of aryl methyl sites for hydroxylation is 1. The first-order valence-electron chi connectivity index (χ1n) is 4.37.